The van der Waals surface area contributed by atoms with Gasteiger partial charge in [0.1, 0.15) is 0 Å². The van der Waals surface area contributed by atoms with E-state index in [1.807, 2.05) is 24.3 Å². The second-order valence-electron chi connectivity index (χ2n) is 5.55. The smallest absolute Gasteiger partial charge is 0.237 e. The van der Waals surface area contributed by atoms with E-state index in [1.165, 1.54) is 17.3 Å². The van der Waals surface area contributed by atoms with Crippen molar-refractivity contribution in [3.05, 3.63) is 59.1 Å². The highest BCUT2D eigenvalue weighted by Gasteiger charge is 2.15. The Balaban J connectivity index is 1.77. The monoisotopic (exact) mass is 376 g/mol. The molecule has 0 saturated carbocycles. The standard InChI is InChI=1S/C19H21ClN2O2S/c1-3-14-4-8-17(9-5-14)22-19(24)13(2)25-12-18(23)21-16-10-6-15(20)7-11-16/h4-11,13H,3,12H2,1-2H3,(H,21,23)(H,22,24)/t13-/m0/s1. The van der Waals surface area contributed by atoms with E-state index >= 15 is 0 Å². The number of hydrogen-bond acceptors (Lipinski definition) is 3. The van der Waals surface area contributed by atoms with Crippen molar-refractivity contribution in [2.24, 2.45) is 0 Å². The third kappa shape index (κ3) is 6.44. The lowest BCUT2D eigenvalue weighted by molar-refractivity contribution is -0.115. The van der Waals surface area contributed by atoms with Crippen molar-refractivity contribution in [3.63, 3.8) is 0 Å². The summed E-state index contributed by atoms with van der Waals surface area (Å²) < 4.78 is 0. The summed E-state index contributed by atoms with van der Waals surface area (Å²) in [6, 6.07) is 14.7. The summed E-state index contributed by atoms with van der Waals surface area (Å²) in [6.45, 7) is 3.87. The highest BCUT2D eigenvalue weighted by molar-refractivity contribution is 8.01. The van der Waals surface area contributed by atoms with Crippen LogP contribution in [0.4, 0.5) is 11.4 Å². The van der Waals surface area contributed by atoms with Crippen molar-refractivity contribution in [1.82, 2.24) is 0 Å². The Morgan fingerprint density at radius 3 is 2.16 bits per heavy atom. The van der Waals surface area contributed by atoms with Gasteiger partial charge in [0.2, 0.25) is 11.8 Å². The molecule has 0 aliphatic rings. The van der Waals surface area contributed by atoms with Gasteiger partial charge in [0, 0.05) is 16.4 Å². The van der Waals surface area contributed by atoms with Crippen LogP contribution in [-0.2, 0) is 16.0 Å². The second kappa shape index (κ2) is 9.49. The van der Waals surface area contributed by atoms with Crippen molar-refractivity contribution in [2.45, 2.75) is 25.5 Å². The van der Waals surface area contributed by atoms with Crippen LogP contribution in [0.25, 0.3) is 0 Å². The largest absolute Gasteiger partial charge is 0.325 e. The maximum atomic E-state index is 12.2. The molecule has 0 aromatic heterocycles. The molecule has 0 heterocycles. The zero-order chi connectivity index (χ0) is 18.2. The van der Waals surface area contributed by atoms with Crippen LogP contribution >= 0.6 is 23.4 Å². The van der Waals surface area contributed by atoms with E-state index in [1.54, 1.807) is 31.2 Å². The highest BCUT2D eigenvalue weighted by Crippen LogP contribution is 2.17. The molecule has 2 rings (SSSR count). The number of nitrogens with one attached hydrogen (secondary N) is 2. The number of aryl methyl sites for hydroxylation is 1. The number of thioether (sulfide) groups is 1. The maximum absolute atomic E-state index is 12.2. The number of benzene rings is 2. The molecule has 25 heavy (non-hydrogen) atoms. The Labute approximate surface area is 157 Å². The summed E-state index contributed by atoms with van der Waals surface area (Å²) in [5, 5.41) is 5.93. The molecule has 0 aliphatic heterocycles. The predicted octanol–water partition coefficient (Wildman–Crippen LogP) is 4.60. The zero-order valence-corrected chi connectivity index (χ0v) is 15.8. The molecule has 2 aromatic carbocycles. The van der Waals surface area contributed by atoms with Gasteiger partial charge >= 0.3 is 0 Å². The summed E-state index contributed by atoms with van der Waals surface area (Å²) in [5.41, 5.74) is 2.67. The molecule has 0 spiro atoms. The average Bonchev–Trinajstić information content (AvgIpc) is 2.62. The normalized spacial score (nSPS) is 11.6. The summed E-state index contributed by atoms with van der Waals surface area (Å²) in [4.78, 5) is 24.2. The fourth-order valence-corrected chi connectivity index (χ4v) is 2.88. The molecule has 0 unspecified atom stereocenters. The molecular weight excluding hydrogens is 356 g/mol. The first-order valence-corrected chi connectivity index (χ1v) is 9.47. The van der Waals surface area contributed by atoms with Gasteiger partial charge in [-0.1, -0.05) is 30.7 Å². The molecule has 2 aromatic rings. The Kier molecular flexibility index (Phi) is 7.34. The molecule has 132 valence electrons. The lowest BCUT2D eigenvalue weighted by Gasteiger charge is -2.12. The van der Waals surface area contributed by atoms with Gasteiger partial charge in [0.25, 0.3) is 0 Å². The Morgan fingerprint density at radius 2 is 1.56 bits per heavy atom. The van der Waals surface area contributed by atoms with E-state index in [4.69, 9.17) is 11.6 Å². The van der Waals surface area contributed by atoms with Crippen LogP contribution in [0.3, 0.4) is 0 Å². The van der Waals surface area contributed by atoms with Crippen molar-refractivity contribution >= 4 is 46.6 Å². The fraction of sp³-hybridized carbons (Fsp3) is 0.263. The van der Waals surface area contributed by atoms with E-state index in [9.17, 15) is 9.59 Å². The van der Waals surface area contributed by atoms with Crippen LogP contribution in [0, 0.1) is 0 Å². The van der Waals surface area contributed by atoms with E-state index < -0.39 is 0 Å². The van der Waals surface area contributed by atoms with Crippen LogP contribution in [0.15, 0.2) is 48.5 Å². The first-order chi connectivity index (χ1) is 12.0. The summed E-state index contributed by atoms with van der Waals surface area (Å²) >= 11 is 7.10. The Bertz CT molecular complexity index is 717. The highest BCUT2D eigenvalue weighted by atomic mass is 35.5. The van der Waals surface area contributed by atoms with Gasteiger partial charge in [-0.25, -0.2) is 0 Å². The summed E-state index contributed by atoms with van der Waals surface area (Å²) in [7, 11) is 0. The first-order valence-electron chi connectivity index (χ1n) is 8.04. The molecule has 6 heteroatoms. The molecule has 0 aliphatic carbocycles. The van der Waals surface area contributed by atoms with Gasteiger partial charge in [0.05, 0.1) is 11.0 Å². The topological polar surface area (TPSA) is 58.2 Å². The fourth-order valence-electron chi connectivity index (χ4n) is 2.07. The SMILES string of the molecule is CCc1ccc(NC(=O)[C@H](C)SCC(=O)Nc2ccc(Cl)cc2)cc1. The Morgan fingerprint density at radius 1 is 1.00 bits per heavy atom. The minimum Gasteiger partial charge on any atom is -0.325 e. The van der Waals surface area contributed by atoms with Gasteiger partial charge in [-0.05, 0) is 55.3 Å². The number of carbonyl (C=O) groups is 2. The van der Waals surface area contributed by atoms with Gasteiger partial charge < -0.3 is 10.6 Å². The molecule has 0 fully saturated rings. The predicted molar refractivity (Wildman–Crippen MR) is 106 cm³/mol. The van der Waals surface area contributed by atoms with E-state index in [0.29, 0.717) is 10.7 Å². The molecule has 4 nitrogen and oxygen atoms in total. The molecule has 0 saturated heterocycles. The van der Waals surface area contributed by atoms with Crippen molar-refractivity contribution < 1.29 is 9.59 Å². The summed E-state index contributed by atoms with van der Waals surface area (Å²) in [6.07, 6.45) is 0.962. The van der Waals surface area contributed by atoms with E-state index in [-0.39, 0.29) is 22.8 Å². The number of rotatable bonds is 7. The average molecular weight is 377 g/mol. The lowest BCUT2D eigenvalue weighted by atomic mass is 10.1. The second-order valence-corrected chi connectivity index (χ2v) is 7.31. The molecular formula is C19H21ClN2O2S. The number of hydrogen-bond donors (Lipinski definition) is 2. The number of halogens is 1. The third-order valence-electron chi connectivity index (χ3n) is 3.59. The molecule has 1 atom stereocenters. The van der Waals surface area contributed by atoms with Crippen molar-refractivity contribution in [1.29, 1.82) is 0 Å². The quantitative estimate of drug-likeness (QED) is 0.742. The maximum Gasteiger partial charge on any atom is 0.237 e. The number of anilines is 2. The number of amides is 2. The van der Waals surface area contributed by atoms with Crippen LogP contribution in [0.1, 0.15) is 19.4 Å². The Hall–Kier alpha value is -1.98. The molecule has 0 bridgehead atoms. The molecule has 2 amide bonds. The minimum absolute atomic E-state index is 0.117. The minimum atomic E-state index is -0.332. The number of carbonyl (C=O) groups excluding carboxylic acids is 2. The van der Waals surface area contributed by atoms with Gasteiger partial charge in [0.15, 0.2) is 0 Å². The lowest BCUT2D eigenvalue weighted by Crippen LogP contribution is -2.25. The van der Waals surface area contributed by atoms with Crippen molar-refractivity contribution in [3.8, 4) is 0 Å². The third-order valence-corrected chi connectivity index (χ3v) is 4.99. The van der Waals surface area contributed by atoms with Crippen LogP contribution in [0.5, 0.6) is 0 Å². The van der Waals surface area contributed by atoms with Crippen LogP contribution in [0.2, 0.25) is 5.02 Å². The molecule has 0 radical (unpaired) electrons. The van der Waals surface area contributed by atoms with E-state index in [0.717, 1.165) is 12.1 Å². The van der Waals surface area contributed by atoms with E-state index in [2.05, 4.69) is 17.6 Å². The van der Waals surface area contributed by atoms with Gasteiger partial charge in [-0.3, -0.25) is 9.59 Å². The zero-order valence-electron chi connectivity index (χ0n) is 14.2. The van der Waals surface area contributed by atoms with Crippen molar-refractivity contribution in [2.75, 3.05) is 16.4 Å². The van der Waals surface area contributed by atoms with Gasteiger partial charge in [-0.2, -0.15) is 0 Å². The first kappa shape index (κ1) is 19.3. The molecule has 2 N–H and O–H groups in total. The summed E-state index contributed by atoms with van der Waals surface area (Å²) in [5.74, 6) is -0.0702. The van der Waals surface area contributed by atoms with Crippen LogP contribution in [-0.4, -0.2) is 22.8 Å². The van der Waals surface area contributed by atoms with Gasteiger partial charge in [-0.15, -0.1) is 11.8 Å². The van der Waals surface area contributed by atoms with Crippen LogP contribution < -0.4 is 10.6 Å².